The average Bonchev–Trinajstić information content (AvgIpc) is 2.34. The number of thiol groups is 1. The average molecular weight is 280 g/mol. The highest BCUT2D eigenvalue weighted by Crippen LogP contribution is 2.65. The first kappa shape index (κ1) is 13.5. The minimum Gasteiger partial charge on any atom is -0.462 e. The molecule has 0 spiro atoms. The molecule has 0 aromatic carbocycles. The molecular formula is C16H24O2S. The number of ether oxygens (including phenoxy) is 1. The second-order valence-electron chi connectivity index (χ2n) is 7.48. The topological polar surface area (TPSA) is 26.3 Å². The van der Waals surface area contributed by atoms with Crippen molar-refractivity contribution in [2.24, 2.45) is 22.7 Å². The van der Waals surface area contributed by atoms with Crippen molar-refractivity contribution in [3.05, 3.63) is 12.2 Å². The van der Waals surface area contributed by atoms with Gasteiger partial charge in [-0.05, 0) is 68.5 Å². The van der Waals surface area contributed by atoms with Crippen molar-refractivity contribution in [3.8, 4) is 0 Å². The van der Waals surface area contributed by atoms with Gasteiger partial charge in [0, 0.05) is 11.0 Å². The van der Waals surface area contributed by atoms with E-state index < -0.39 is 0 Å². The zero-order chi connectivity index (χ0) is 13.7. The van der Waals surface area contributed by atoms with E-state index in [-0.39, 0.29) is 11.4 Å². The number of hydrogen-bond donors (Lipinski definition) is 1. The summed E-state index contributed by atoms with van der Waals surface area (Å²) in [6.07, 6.45) is 7.81. The van der Waals surface area contributed by atoms with Crippen LogP contribution in [0.2, 0.25) is 0 Å². The quantitative estimate of drug-likeness (QED) is 0.483. The maximum atomic E-state index is 11.6. The third-order valence-corrected chi connectivity index (χ3v) is 6.17. The summed E-state index contributed by atoms with van der Waals surface area (Å²) in [5, 5.41) is 0. The Hall–Kier alpha value is -0.440. The Labute approximate surface area is 121 Å². The molecule has 0 aliphatic heterocycles. The zero-order valence-corrected chi connectivity index (χ0v) is 12.7. The van der Waals surface area contributed by atoms with Crippen LogP contribution in [0.4, 0.5) is 0 Å². The van der Waals surface area contributed by atoms with Gasteiger partial charge in [-0.3, -0.25) is 0 Å². The molecule has 0 aromatic rings. The Bertz CT molecular complexity index is 401. The van der Waals surface area contributed by atoms with Gasteiger partial charge < -0.3 is 4.74 Å². The molecule has 0 saturated heterocycles. The fourth-order valence-electron chi connectivity index (χ4n) is 5.35. The Morgan fingerprint density at radius 3 is 2.37 bits per heavy atom. The Balaban J connectivity index is 1.73. The molecular weight excluding hydrogens is 256 g/mol. The van der Waals surface area contributed by atoms with Crippen molar-refractivity contribution < 1.29 is 9.53 Å². The molecule has 0 heterocycles. The van der Waals surface area contributed by atoms with Crippen LogP contribution in [0.5, 0.6) is 0 Å². The summed E-state index contributed by atoms with van der Waals surface area (Å²) < 4.78 is 5.51. The molecule has 0 radical (unpaired) electrons. The first-order valence-electron chi connectivity index (χ1n) is 7.39. The van der Waals surface area contributed by atoms with Crippen molar-refractivity contribution in [2.45, 2.75) is 45.4 Å². The Morgan fingerprint density at radius 1 is 1.26 bits per heavy atom. The fourth-order valence-corrected chi connectivity index (χ4v) is 5.72. The van der Waals surface area contributed by atoms with E-state index in [0.717, 1.165) is 17.6 Å². The third kappa shape index (κ3) is 2.35. The zero-order valence-electron chi connectivity index (χ0n) is 11.8. The van der Waals surface area contributed by atoms with Crippen LogP contribution in [0, 0.1) is 22.7 Å². The molecule has 4 rings (SSSR count). The van der Waals surface area contributed by atoms with Crippen LogP contribution in [-0.2, 0) is 9.53 Å². The maximum absolute atomic E-state index is 11.6. The molecule has 4 saturated carbocycles. The van der Waals surface area contributed by atoms with Crippen LogP contribution in [0.1, 0.15) is 45.4 Å². The number of rotatable bonds is 4. The largest absolute Gasteiger partial charge is 0.462 e. The van der Waals surface area contributed by atoms with Gasteiger partial charge in [-0.15, -0.1) is 0 Å². The molecule has 2 atom stereocenters. The molecule has 0 N–H and O–H groups in total. The molecule has 4 aliphatic rings. The predicted molar refractivity (Wildman–Crippen MR) is 79.2 cm³/mol. The van der Waals surface area contributed by atoms with E-state index in [1.807, 2.05) is 0 Å². The van der Waals surface area contributed by atoms with Gasteiger partial charge in [0.2, 0.25) is 0 Å². The van der Waals surface area contributed by atoms with Gasteiger partial charge >= 0.3 is 5.97 Å². The molecule has 3 heteroatoms. The standard InChI is InChI=1S/C16H24O2S/c1-11(2)14(17)18-9-15-4-12-3-13(5-15)7-16(6-12,8-15)10-19/h12-13,19H,1,3-10H2,2H3. The predicted octanol–water partition coefficient (Wildman–Crippen LogP) is 3.62. The smallest absolute Gasteiger partial charge is 0.333 e. The lowest BCUT2D eigenvalue weighted by atomic mass is 9.45. The molecule has 19 heavy (non-hydrogen) atoms. The highest BCUT2D eigenvalue weighted by atomic mass is 32.1. The number of carbonyl (C=O) groups is 1. The molecule has 106 valence electrons. The van der Waals surface area contributed by atoms with Crippen LogP contribution >= 0.6 is 12.6 Å². The van der Waals surface area contributed by atoms with E-state index in [4.69, 9.17) is 4.74 Å². The lowest BCUT2D eigenvalue weighted by molar-refractivity contribution is -0.158. The van der Waals surface area contributed by atoms with Gasteiger partial charge in [0.05, 0.1) is 6.61 Å². The highest BCUT2D eigenvalue weighted by molar-refractivity contribution is 7.80. The SMILES string of the molecule is C=C(C)C(=O)OCC12CC3CC(CC(CS)(C3)C1)C2. The summed E-state index contributed by atoms with van der Waals surface area (Å²) >= 11 is 4.62. The summed E-state index contributed by atoms with van der Waals surface area (Å²) in [6.45, 7) is 5.98. The van der Waals surface area contributed by atoms with Gasteiger partial charge in [0.1, 0.15) is 0 Å². The monoisotopic (exact) mass is 280 g/mol. The molecule has 0 amide bonds. The first-order valence-corrected chi connectivity index (χ1v) is 8.03. The van der Waals surface area contributed by atoms with Crippen molar-refractivity contribution in [3.63, 3.8) is 0 Å². The maximum Gasteiger partial charge on any atom is 0.333 e. The summed E-state index contributed by atoms with van der Waals surface area (Å²) in [4.78, 5) is 11.6. The van der Waals surface area contributed by atoms with Gasteiger partial charge in [0.15, 0.2) is 0 Å². The summed E-state index contributed by atoms with van der Waals surface area (Å²) in [5.41, 5.74) is 1.19. The van der Waals surface area contributed by atoms with Gasteiger partial charge in [-0.25, -0.2) is 4.79 Å². The van der Waals surface area contributed by atoms with E-state index in [0.29, 0.717) is 17.6 Å². The van der Waals surface area contributed by atoms with Gasteiger partial charge in [-0.1, -0.05) is 6.58 Å². The summed E-state index contributed by atoms with van der Waals surface area (Å²) in [5.74, 6) is 2.46. The van der Waals surface area contributed by atoms with E-state index >= 15 is 0 Å². The lowest BCUT2D eigenvalue weighted by Crippen LogP contribution is -2.54. The molecule has 4 aliphatic carbocycles. The van der Waals surface area contributed by atoms with Crippen LogP contribution in [0.15, 0.2) is 12.2 Å². The van der Waals surface area contributed by atoms with Crippen molar-refractivity contribution in [1.29, 1.82) is 0 Å². The molecule has 4 fully saturated rings. The summed E-state index contributed by atoms with van der Waals surface area (Å²) in [6, 6.07) is 0. The molecule has 2 unspecified atom stereocenters. The fraction of sp³-hybridized carbons (Fsp3) is 0.812. The summed E-state index contributed by atoms with van der Waals surface area (Å²) in [7, 11) is 0. The van der Waals surface area contributed by atoms with Crippen molar-refractivity contribution in [2.75, 3.05) is 12.4 Å². The Morgan fingerprint density at radius 2 is 1.84 bits per heavy atom. The third-order valence-electron chi connectivity index (χ3n) is 5.50. The molecule has 2 nitrogen and oxygen atoms in total. The second-order valence-corrected chi connectivity index (χ2v) is 7.79. The van der Waals surface area contributed by atoms with Crippen molar-refractivity contribution >= 4 is 18.6 Å². The van der Waals surface area contributed by atoms with E-state index in [1.165, 1.54) is 38.5 Å². The van der Waals surface area contributed by atoms with Crippen LogP contribution in [0.25, 0.3) is 0 Å². The van der Waals surface area contributed by atoms with Gasteiger partial charge in [0.25, 0.3) is 0 Å². The minimum atomic E-state index is -0.226. The van der Waals surface area contributed by atoms with E-state index in [9.17, 15) is 4.79 Å². The molecule has 0 aromatic heterocycles. The lowest BCUT2D eigenvalue weighted by Gasteiger charge is -2.61. The van der Waals surface area contributed by atoms with Crippen LogP contribution < -0.4 is 0 Å². The minimum absolute atomic E-state index is 0.226. The van der Waals surface area contributed by atoms with E-state index in [2.05, 4.69) is 19.2 Å². The first-order chi connectivity index (χ1) is 8.96. The second kappa shape index (κ2) is 4.54. The number of carbonyl (C=O) groups excluding carboxylic acids is 1. The van der Waals surface area contributed by atoms with Crippen molar-refractivity contribution in [1.82, 2.24) is 0 Å². The highest BCUT2D eigenvalue weighted by Gasteiger charge is 2.57. The van der Waals surface area contributed by atoms with Gasteiger partial charge in [-0.2, -0.15) is 12.6 Å². The molecule has 4 bridgehead atoms. The normalized spacial score (nSPS) is 43.3. The number of hydrogen-bond acceptors (Lipinski definition) is 3. The van der Waals surface area contributed by atoms with Crippen LogP contribution in [-0.4, -0.2) is 18.3 Å². The van der Waals surface area contributed by atoms with E-state index in [1.54, 1.807) is 6.92 Å². The van der Waals surface area contributed by atoms with Crippen LogP contribution in [0.3, 0.4) is 0 Å². The number of esters is 1. The Kier molecular flexibility index (Phi) is 3.24.